The molecule has 0 unspecified atom stereocenters. The average molecular weight is 1080 g/mol. The summed E-state index contributed by atoms with van der Waals surface area (Å²) >= 11 is 0. The maximum Gasteiger partial charge on any atom is -0.000741 e. The first-order valence-corrected chi connectivity index (χ1v) is 30.6. The molecule has 0 amide bonds. The Balaban J connectivity index is 0.920. The van der Waals surface area contributed by atoms with Crippen LogP contribution in [0, 0.1) is 6.92 Å². The molecular weight excluding hydrogens is 1020 g/mol. The van der Waals surface area contributed by atoms with Gasteiger partial charge in [-0.25, -0.2) is 0 Å². The van der Waals surface area contributed by atoms with E-state index in [9.17, 15) is 0 Å². The standard InChI is InChI=1S/C85H60/c1-5-51-32-40-55(41-33-51)75-59-19-9-8-18-58(59)74(54-38-30-50(4)31-39-54)84-72-48-46-68(66-26-16-28-70(80(66)72)82(75)84)78-62-22-12-14-24-64(62)79(65-25-15-13-23-63(65)78)69-47-49-73-81-67(69)27-17-29-71(81)83-76(56-42-34-52(6-2)35-43-56)60-20-10-11-21-61(60)77(85(73)83)57-44-36-53(7-3)37-45-57/h8-49H,5-7H2,1-4H3. The number of rotatable bonds is 9. The van der Waals surface area contributed by atoms with E-state index in [1.807, 2.05) is 0 Å². The minimum Gasteiger partial charge on any atom is -0.0616 e. The molecule has 0 aromatic heterocycles. The van der Waals surface area contributed by atoms with Crippen LogP contribution in [-0.2, 0) is 19.3 Å². The highest BCUT2D eigenvalue weighted by Crippen LogP contribution is 2.62. The van der Waals surface area contributed by atoms with Crippen molar-refractivity contribution in [2.24, 2.45) is 0 Å². The Hall–Kier alpha value is -10.1. The summed E-state index contributed by atoms with van der Waals surface area (Å²) < 4.78 is 0. The van der Waals surface area contributed by atoms with E-state index in [1.54, 1.807) is 0 Å². The first kappa shape index (κ1) is 49.5. The van der Waals surface area contributed by atoms with Crippen LogP contribution in [0.3, 0.4) is 0 Å². The van der Waals surface area contributed by atoms with Crippen LogP contribution in [0.25, 0.3) is 176 Å². The van der Waals surface area contributed by atoms with Gasteiger partial charge in [0.2, 0.25) is 0 Å². The number of aryl methyl sites for hydroxylation is 4. The Labute approximate surface area is 497 Å². The minimum atomic E-state index is 1.01. The van der Waals surface area contributed by atoms with Gasteiger partial charge < -0.3 is 0 Å². The van der Waals surface area contributed by atoms with Gasteiger partial charge in [-0.15, -0.1) is 0 Å². The topological polar surface area (TPSA) is 0 Å². The fraction of sp³-hybridized carbons (Fsp3) is 0.0824. The van der Waals surface area contributed by atoms with Crippen LogP contribution >= 0.6 is 0 Å². The lowest BCUT2D eigenvalue weighted by Gasteiger charge is -2.21. The summed E-state index contributed by atoms with van der Waals surface area (Å²) in [4.78, 5) is 0. The van der Waals surface area contributed by atoms with Crippen LogP contribution in [0.5, 0.6) is 0 Å². The summed E-state index contributed by atoms with van der Waals surface area (Å²) in [7, 11) is 0. The largest absolute Gasteiger partial charge is 0.0616 e. The van der Waals surface area contributed by atoms with E-state index in [2.05, 4.69) is 282 Å². The van der Waals surface area contributed by atoms with Crippen LogP contribution in [0.2, 0.25) is 0 Å². The first-order chi connectivity index (χ1) is 42.0. The van der Waals surface area contributed by atoms with E-state index in [4.69, 9.17) is 0 Å². The highest BCUT2D eigenvalue weighted by Gasteiger charge is 2.34. The predicted molar refractivity (Wildman–Crippen MR) is 366 cm³/mol. The van der Waals surface area contributed by atoms with Crippen molar-refractivity contribution >= 4 is 64.6 Å². The van der Waals surface area contributed by atoms with Crippen LogP contribution in [0.1, 0.15) is 43.0 Å². The molecule has 0 N–H and O–H groups in total. The maximum absolute atomic E-state index is 2.47. The summed E-state index contributed by atoms with van der Waals surface area (Å²) in [5.41, 5.74) is 31.1. The molecule has 0 spiro atoms. The Morgan fingerprint density at radius 3 is 0.706 bits per heavy atom. The van der Waals surface area contributed by atoms with Crippen molar-refractivity contribution in [3.8, 4) is 111 Å². The molecule has 400 valence electrons. The lowest BCUT2D eigenvalue weighted by Crippen LogP contribution is -1.94. The van der Waals surface area contributed by atoms with Gasteiger partial charge in [0.15, 0.2) is 0 Å². The minimum absolute atomic E-state index is 1.01. The average Bonchev–Trinajstić information content (AvgIpc) is 1.98. The van der Waals surface area contributed by atoms with Crippen molar-refractivity contribution in [2.75, 3.05) is 0 Å². The lowest BCUT2D eigenvalue weighted by atomic mass is 9.82. The Morgan fingerprint density at radius 2 is 0.424 bits per heavy atom. The second kappa shape index (κ2) is 19.2. The number of hydrogen-bond donors (Lipinski definition) is 0. The quantitative estimate of drug-likeness (QED) is 0.126. The molecular formula is C85H60. The molecule has 0 radical (unpaired) electrons. The van der Waals surface area contributed by atoms with Crippen molar-refractivity contribution in [2.45, 2.75) is 47.0 Å². The molecule has 17 rings (SSSR count). The SMILES string of the molecule is CCc1ccc(-c2c3c(c(-c4ccc(C)cc4)c4ccccc24)-c2ccc(-c4c5ccccc5c(-c5ccc6c7c(cccc57)-c5c-6c(-c6ccc(CC)cc6)c6ccccc6c5-c5ccc(CC)cc5)c5ccccc45)c4cccc-3c24)cc1. The van der Waals surface area contributed by atoms with Crippen molar-refractivity contribution in [3.05, 3.63) is 277 Å². The number of hydrogen-bond acceptors (Lipinski definition) is 0. The summed E-state index contributed by atoms with van der Waals surface area (Å²) in [6, 6.07) is 98.1. The maximum atomic E-state index is 2.47. The molecule has 0 heteroatoms. The van der Waals surface area contributed by atoms with Crippen LogP contribution < -0.4 is 0 Å². The van der Waals surface area contributed by atoms with E-state index in [0.717, 1.165) is 19.3 Å². The summed E-state index contributed by atoms with van der Waals surface area (Å²) in [5.74, 6) is 0. The molecule has 2 aliphatic carbocycles. The molecule has 2 aliphatic rings. The monoisotopic (exact) mass is 1080 g/mol. The predicted octanol–water partition coefficient (Wildman–Crippen LogP) is 23.9. The zero-order valence-corrected chi connectivity index (χ0v) is 48.4. The van der Waals surface area contributed by atoms with Gasteiger partial charge in [-0.1, -0.05) is 281 Å². The zero-order chi connectivity index (χ0) is 56.6. The highest BCUT2D eigenvalue weighted by atomic mass is 14.4. The van der Waals surface area contributed by atoms with Gasteiger partial charge in [0.05, 0.1) is 0 Å². The Kier molecular flexibility index (Phi) is 11.2. The van der Waals surface area contributed by atoms with Gasteiger partial charge >= 0.3 is 0 Å². The van der Waals surface area contributed by atoms with Gasteiger partial charge in [0.25, 0.3) is 0 Å². The van der Waals surface area contributed by atoms with Gasteiger partial charge in [-0.05, 0) is 219 Å². The first-order valence-electron chi connectivity index (χ1n) is 30.6. The molecule has 0 atom stereocenters. The number of benzene rings is 15. The Bertz CT molecular complexity index is 5150. The third-order valence-electron chi connectivity index (χ3n) is 19.4. The molecule has 85 heavy (non-hydrogen) atoms. The highest BCUT2D eigenvalue weighted by molar-refractivity contribution is 6.34. The normalized spacial score (nSPS) is 12.1. The number of fused-ring (bicyclic) bond motifs is 10. The molecule has 0 heterocycles. The van der Waals surface area contributed by atoms with Crippen molar-refractivity contribution in [1.29, 1.82) is 0 Å². The molecule has 15 aromatic carbocycles. The molecule has 0 aliphatic heterocycles. The molecule has 0 nitrogen and oxygen atoms in total. The van der Waals surface area contributed by atoms with Crippen LogP contribution in [-0.4, -0.2) is 0 Å². The van der Waals surface area contributed by atoms with E-state index in [-0.39, 0.29) is 0 Å². The third kappa shape index (κ3) is 7.22. The molecule has 0 saturated carbocycles. The molecule has 15 aromatic rings. The zero-order valence-electron chi connectivity index (χ0n) is 48.4. The lowest BCUT2D eigenvalue weighted by molar-refractivity contribution is 1.14. The van der Waals surface area contributed by atoms with E-state index < -0.39 is 0 Å². The van der Waals surface area contributed by atoms with Gasteiger partial charge in [0.1, 0.15) is 0 Å². The molecule has 0 saturated heterocycles. The molecule has 0 bridgehead atoms. The summed E-state index contributed by atoms with van der Waals surface area (Å²) in [6.45, 7) is 8.92. The van der Waals surface area contributed by atoms with E-state index >= 15 is 0 Å². The van der Waals surface area contributed by atoms with Crippen LogP contribution in [0.4, 0.5) is 0 Å². The van der Waals surface area contributed by atoms with Gasteiger partial charge in [-0.3, -0.25) is 0 Å². The van der Waals surface area contributed by atoms with Crippen molar-refractivity contribution in [1.82, 2.24) is 0 Å². The second-order valence-electron chi connectivity index (χ2n) is 23.7. The van der Waals surface area contributed by atoms with E-state index in [1.165, 1.54) is 198 Å². The van der Waals surface area contributed by atoms with Crippen molar-refractivity contribution < 1.29 is 0 Å². The van der Waals surface area contributed by atoms with Gasteiger partial charge in [-0.2, -0.15) is 0 Å². The fourth-order valence-electron chi connectivity index (χ4n) is 15.4. The second-order valence-corrected chi connectivity index (χ2v) is 23.7. The molecule has 0 fully saturated rings. The fourth-order valence-corrected chi connectivity index (χ4v) is 15.4. The Morgan fingerprint density at radius 1 is 0.188 bits per heavy atom. The van der Waals surface area contributed by atoms with Crippen LogP contribution in [0.15, 0.2) is 255 Å². The van der Waals surface area contributed by atoms with Gasteiger partial charge in [0, 0.05) is 0 Å². The van der Waals surface area contributed by atoms with Crippen molar-refractivity contribution in [3.63, 3.8) is 0 Å². The third-order valence-corrected chi connectivity index (χ3v) is 19.4. The van der Waals surface area contributed by atoms with E-state index in [0.29, 0.717) is 0 Å². The summed E-state index contributed by atoms with van der Waals surface area (Å²) in [5, 5.41) is 15.3. The smallest absolute Gasteiger partial charge is 0.000741 e. The summed E-state index contributed by atoms with van der Waals surface area (Å²) in [6.07, 6.45) is 3.02.